The van der Waals surface area contributed by atoms with Crippen LogP contribution in [0.15, 0.2) is 69.4 Å². The van der Waals surface area contributed by atoms with E-state index in [0.717, 1.165) is 55.4 Å². The minimum absolute atomic E-state index is 0.0314. The van der Waals surface area contributed by atoms with Crippen LogP contribution in [0.4, 0.5) is 5.69 Å². The molecule has 0 N–H and O–H groups in total. The number of benzene rings is 2. The summed E-state index contributed by atoms with van der Waals surface area (Å²) in [5.74, 6) is 0.0314. The number of thiophene rings is 1. The molecule has 0 atom stereocenters. The van der Waals surface area contributed by atoms with Crippen molar-refractivity contribution in [3.8, 4) is 0 Å². The van der Waals surface area contributed by atoms with Gasteiger partial charge in [0.1, 0.15) is 0 Å². The molecule has 2 aromatic carbocycles. The average Bonchev–Trinajstić information content (AvgIpc) is 3.09. The lowest BCUT2D eigenvalue weighted by Crippen LogP contribution is -2.27. The molecule has 2 heterocycles. The van der Waals surface area contributed by atoms with Crippen molar-refractivity contribution in [1.29, 1.82) is 0 Å². The van der Waals surface area contributed by atoms with Gasteiger partial charge in [-0.15, -0.1) is 11.3 Å². The molecule has 1 aromatic heterocycles. The maximum Gasteiger partial charge on any atom is 0.253 e. The summed E-state index contributed by atoms with van der Waals surface area (Å²) in [4.78, 5) is 22.9. The molecule has 3 aromatic rings. The third-order valence-corrected chi connectivity index (χ3v) is 7.18. The number of nitrogens with zero attached hydrogens (tertiary/aromatic N) is 2. The van der Waals surface area contributed by atoms with Crippen LogP contribution in [0, 0.1) is 0 Å². The smallest absolute Gasteiger partial charge is 0.253 e. The van der Waals surface area contributed by atoms with E-state index in [1.165, 1.54) is 11.3 Å². The maximum atomic E-state index is 12.9. The van der Waals surface area contributed by atoms with Gasteiger partial charge in [-0.2, -0.15) is 0 Å². The second kappa shape index (κ2) is 8.74. The lowest BCUT2D eigenvalue weighted by atomic mass is 10.1. The van der Waals surface area contributed by atoms with Gasteiger partial charge in [-0.3, -0.25) is 4.79 Å². The highest BCUT2D eigenvalue weighted by Gasteiger charge is 2.21. The van der Waals surface area contributed by atoms with Crippen LogP contribution < -0.4 is 0 Å². The highest BCUT2D eigenvalue weighted by molar-refractivity contribution is 7.99. The Labute approximate surface area is 184 Å². The lowest BCUT2D eigenvalue weighted by Gasteiger charge is -2.17. The molecule has 29 heavy (non-hydrogen) atoms. The number of fused-ring (bicyclic) bond motifs is 2. The summed E-state index contributed by atoms with van der Waals surface area (Å²) in [6, 6.07) is 18.0. The van der Waals surface area contributed by atoms with Crippen LogP contribution in [0.25, 0.3) is 0 Å². The van der Waals surface area contributed by atoms with Crippen molar-refractivity contribution in [3.63, 3.8) is 0 Å². The van der Waals surface area contributed by atoms with Crippen molar-refractivity contribution < 1.29 is 4.79 Å². The van der Waals surface area contributed by atoms with Crippen LogP contribution in [0.3, 0.4) is 0 Å². The van der Waals surface area contributed by atoms with Gasteiger partial charge in [-0.05, 0) is 42.8 Å². The summed E-state index contributed by atoms with van der Waals surface area (Å²) < 4.78 is 0.735. The van der Waals surface area contributed by atoms with Crippen LogP contribution in [0.1, 0.15) is 40.6 Å². The number of hydrogen-bond donors (Lipinski definition) is 0. The zero-order chi connectivity index (χ0) is 20.4. The van der Waals surface area contributed by atoms with Crippen molar-refractivity contribution in [1.82, 2.24) is 4.90 Å². The summed E-state index contributed by atoms with van der Waals surface area (Å²) >= 11 is 9.40. The Bertz CT molecular complexity index is 1090. The molecule has 3 nitrogen and oxygen atoms in total. The van der Waals surface area contributed by atoms with Crippen LogP contribution in [-0.2, 0) is 0 Å². The molecule has 4 rings (SSSR count). The minimum atomic E-state index is 0.0314. The fourth-order valence-electron chi connectivity index (χ4n) is 3.22. The Morgan fingerprint density at radius 1 is 1.10 bits per heavy atom. The molecular formula is C23H21ClN2OS2. The first-order chi connectivity index (χ1) is 14.1. The van der Waals surface area contributed by atoms with Crippen LogP contribution in [0.2, 0.25) is 4.34 Å². The van der Waals surface area contributed by atoms with Crippen molar-refractivity contribution in [2.24, 2.45) is 4.99 Å². The molecule has 1 amide bonds. The minimum Gasteiger partial charge on any atom is -0.342 e. The third-order valence-electron chi connectivity index (χ3n) is 4.80. The fraction of sp³-hybridized carbons (Fsp3) is 0.217. The number of halogens is 1. The highest BCUT2D eigenvalue weighted by Crippen LogP contribution is 2.42. The molecule has 6 heteroatoms. The summed E-state index contributed by atoms with van der Waals surface area (Å²) in [6.07, 6.45) is 2.06. The lowest BCUT2D eigenvalue weighted by molar-refractivity contribution is 0.0793. The van der Waals surface area contributed by atoms with E-state index < -0.39 is 0 Å². The van der Waals surface area contributed by atoms with Crippen LogP contribution >= 0.6 is 34.7 Å². The number of amides is 1. The Morgan fingerprint density at radius 2 is 1.93 bits per heavy atom. The van der Waals surface area contributed by atoms with E-state index in [2.05, 4.69) is 19.1 Å². The zero-order valence-corrected chi connectivity index (χ0v) is 18.7. The predicted octanol–water partition coefficient (Wildman–Crippen LogP) is 6.91. The van der Waals surface area contributed by atoms with E-state index >= 15 is 0 Å². The van der Waals surface area contributed by atoms with Crippen molar-refractivity contribution >= 4 is 52.0 Å². The molecule has 0 unspecified atom stereocenters. The predicted molar refractivity (Wildman–Crippen MR) is 124 cm³/mol. The normalized spacial score (nSPS) is 12.6. The van der Waals surface area contributed by atoms with Gasteiger partial charge in [-0.25, -0.2) is 4.99 Å². The molecule has 1 aliphatic heterocycles. The van der Waals surface area contributed by atoms with E-state index in [0.29, 0.717) is 5.56 Å². The first-order valence-electron chi connectivity index (χ1n) is 9.58. The highest BCUT2D eigenvalue weighted by atomic mass is 35.5. The largest absolute Gasteiger partial charge is 0.342 e. The number of carbonyl (C=O) groups is 1. The zero-order valence-electron chi connectivity index (χ0n) is 16.3. The van der Waals surface area contributed by atoms with Gasteiger partial charge in [-0.1, -0.05) is 54.9 Å². The Kier molecular flexibility index (Phi) is 6.09. The van der Waals surface area contributed by atoms with E-state index in [9.17, 15) is 4.79 Å². The van der Waals surface area contributed by atoms with E-state index in [-0.39, 0.29) is 5.91 Å². The maximum absolute atomic E-state index is 12.9. The van der Waals surface area contributed by atoms with Crippen LogP contribution in [-0.4, -0.2) is 30.1 Å². The van der Waals surface area contributed by atoms with Gasteiger partial charge in [0, 0.05) is 34.5 Å². The van der Waals surface area contributed by atoms with Crippen molar-refractivity contribution in [2.75, 3.05) is 13.6 Å². The molecule has 148 valence electrons. The topological polar surface area (TPSA) is 32.7 Å². The standard InChI is InChI=1S/C23H21ClN2OS2/c1-3-4-13-26(2)23(27)15-9-10-19-17(14-15)25-22(20-11-12-21(24)29-20)16-7-5-6-8-18(16)28-19/h5-12,14H,3-4,13H2,1-2H3. The van der Waals surface area contributed by atoms with E-state index in [1.54, 1.807) is 16.7 Å². The monoisotopic (exact) mass is 440 g/mol. The average molecular weight is 441 g/mol. The molecule has 0 saturated heterocycles. The van der Waals surface area contributed by atoms with Gasteiger partial charge < -0.3 is 4.90 Å². The SMILES string of the molecule is CCCCN(C)C(=O)c1ccc2c(c1)N=C(c1ccc(Cl)s1)c1ccccc1S2. The number of rotatable bonds is 5. The summed E-state index contributed by atoms with van der Waals surface area (Å²) in [5, 5.41) is 0. The van der Waals surface area contributed by atoms with Gasteiger partial charge in [0.15, 0.2) is 0 Å². The molecule has 1 aliphatic rings. The van der Waals surface area contributed by atoms with E-state index in [1.807, 2.05) is 49.5 Å². The van der Waals surface area contributed by atoms with E-state index in [4.69, 9.17) is 16.6 Å². The van der Waals surface area contributed by atoms with Gasteiger partial charge >= 0.3 is 0 Å². The summed E-state index contributed by atoms with van der Waals surface area (Å²) in [7, 11) is 1.86. The molecule has 0 saturated carbocycles. The fourth-order valence-corrected chi connectivity index (χ4v) is 5.27. The Morgan fingerprint density at radius 3 is 2.69 bits per heavy atom. The summed E-state index contributed by atoms with van der Waals surface area (Å²) in [5.41, 5.74) is 3.47. The number of carbonyl (C=O) groups excluding carboxylic acids is 1. The molecule has 0 spiro atoms. The van der Waals surface area contributed by atoms with Gasteiger partial charge in [0.05, 0.1) is 20.6 Å². The van der Waals surface area contributed by atoms with Crippen LogP contribution in [0.5, 0.6) is 0 Å². The molecule has 0 radical (unpaired) electrons. The van der Waals surface area contributed by atoms with Crippen molar-refractivity contribution in [2.45, 2.75) is 29.6 Å². The third kappa shape index (κ3) is 4.27. The second-order valence-corrected chi connectivity index (χ2v) is 9.72. The van der Waals surface area contributed by atoms with Gasteiger partial charge in [0.25, 0.3) is 5.91 Å². The first kappa shape index (κ1) is 20.2. The number of aliphatic imine (C=N–C) groups is 1. The molecule has 0 fully saturated rings. The molecule has 0 bridgehead atoms. The summed E-state index contributed by atoms with van der Waals surface area (Å²) in [6.45, 7) is 2.89. The Hall–Kier alpha value is -2.08. The van der Waals surface area contributed by atoms with Gasteiger partial charge in [0.2, 0.25) is 0 Å². The molecular weight excluding hydrogens is 420 g/mol. The molecule has 0 aliphatic carbocycles. The van der Waals surface area contributed by atoms with Crippen molar-refractivity contribution in [3.05, 3.63) is 74.9 Å². The quantitative estimate of drug-likeness (QED) is 0.338. The second-order valence-electron chi connectivity index (χ2n) is 6.93. The first-order valence-corrected chi connectivity index (χ1v) is 11.6. The number of hydrogen-bond acceptors (Lipinski definition) is 4. The number of unbranched alkanes of at least 4 members (excludes halogenated alkanes) is 1. The Balaban J connectivity index is 1.79.